The zero-order valence-corrected chi connectivity index (χ0v) is 18.3. The zero-order valence-electron chi connectivity index (χ0n) is 18.3. The standard InChI is InChI=1S/C25H34N2O3/c1-25(2,3)30-24(29)27-15-14-22(23(28)19-27)18-26(16-20-10-6-4-7-11-20)17-21-12-8-5-9-13-21/h4-13,22-23,28H,14-19H2,1-3H3/t22-,23?/m0/s1. The molecule has 3 rings (SSSR count). The van der Waals surface area contributed by atoms with Gasteiger partial charge in [0.15, 0.2) is 0 Å². The number of likely N-dealkylation sites (tertiary alicyclic amines) is 1. The molecule has 2 aromatic carbocycles. The minimum Gasteiger partial charge on any atom is -0.444 e. The molecule has 1 unspecified atom stereocenters. The highest BCUT2D eigenvalue weighted by Gasteiger charge is 2.33. The van der Waals surface area contributed by atoms with Crippen molar-refractivity contribution in [3.63, 3.8) is 0 Å². The Morgan fingerprint density at radius 3 is 2.03 bits per heavy atom. The summed E-state index contributed by atoms with van der Waals surface area (Å²) in [5.74, 6) is 0.121. The number of hydrogen-bond acceptors (Lipinski definition) is 4. The Labute approximate surface area is 180 Å². The lowest BCUT2D eigenvalue weighted by Crippen LogP contribution is -2.50. The molecule has 30 heavy (non-hydrogen) atoms. The SMILES string of the molecule is CC(C)(C)OC(=O)N1CC[C@@H](CN(Cc2ccccc2)Cc2ccccc2)C(O)C1. The number of benzene rings is 2. The van der Waals surface area contributed by atoms with Crippen LogP contribution >= 0.6 is 0 Å². The summed E-state index contributed by atoms with van der Waals surface area (Å²) in [6, 6.07) is 20.9. The molecule has 1 aliphatic heterocycles. The van der Waals surface area contributed by atoms with E-state index in [0.29, 0.717) is 13.1 Å². The smallest absolute Gasteiger partial charge is 0.410 e. The van der Waals surface area contributed by atoms with E-state index in [-0.39, 0.29) is 12.0 Å². The van der Waals surface area contributed by atoms with Crippen molar-refractivity contribution in [1.82, 2.24) is 9.80 Å². The van der Waals surface area contributed by atoms with E-state index in [1.807, 2.05) is 32.9 Å². The van der Waals surface area contributed by atoms with E-state index in [1.54, 1.807) is 4.90 Å². The first-order chi connectivity index (χ1) is 14.3. The summed E-state index contributed by atoms with van der Waals surface area (Å²) < 4.78 is 5.47. The Morgan fingerprint density at radius 1 is 1.03 bits per heavy atom. The van der Waals surface area contributed by atoms with E-state index in [0.717, 1.165) is 26.1 Å². The summed E-state index contributed by atoms with van der Waals surface area (Å²) in [5, 5.41) is 10.8. The summed E-state index contributed by atoms with van der Waals surface area (Å²) >= 11 is 0. The second-order valence-corrected chi connectivity index (χ2v) is 9.18. The molecule has 0 spiro atoms. The van der Waals surface area contributed by atoms with Crippen molar-refractivity contribution in [1.29, 1.82) is 0 Å². The van der Waals surface area contributed by atoms with Gasteiger partial charge in [-0.25, -0.2) is 4.79 Å². The number of aliphatic hydroxyl groups excluding tert-OH is 1. The number of rotatable bonds is 6. The van der Waals surface area contributed by atoms with E-state index in [4.69, 9.17) is 4.74 Å². The Morgan fingerprint density at radius 2 is 1.57 bits per heavy atom. The molecule has 1 heterocycles. The molecule has 0 aliphatic carbocycles. The number of carbonyl (C=O) groups excluding carboxylic acids is 1. The molecular formula is C25H34N2O3. The van der Waals surface area contributed by atoms with Crippen molar-refractivity contribution in [2.24, 2.45) is 5.92 Å². The molecule has 2 atom stereocenters. The largest absolute Gasteiger partial charge is 0.444 e. The van der Waals surface area contributed by atoms with Crippen molar-refractivity contribution in [3.05, 3.63) is 71.8 Å². The van der Waals surface area contributed by atoms with Gasteiger partial charge in [0, 0.05) is 32.1 Å². The molecular weight excluding hydrogens is 376 g/mol. The van der Waals surface area contributed by atoms with Gasteiger partial charge < -0.3 is 14.7 Å². The Bertz CT molecular complexity index is 748. The van der Waals surface area contributed by atoms with Crippen molar-refractivity contribution in [2.45, 2.75) is 52.0 Å². The van der Waals surface area contributed by atoms with E-state index < -0.39 is 11.7 Å². The molecule has 162 valence electrons. The van der Waals surface area contributed by atoms with Gasteiger partial charge in [0.1, 0.15) is 5.60 Å². The van der Waals surface area contributed by atoms with Crippen LogP contribution in [0.2, 0.25) is 0 Å². The number of β-amino-alcohol motifs (C(OH)–C–C–N with tert-alkyl or cyclic N) is 1. The number of hydrogen-bond donors (Lipinski definition) is 1. The van der Waals surface area contributed by atoms with Crippen LogP contribution in [0.25, 0.3) is 0 Å². The quantitative estimate of drug-likeness (QED) is 0.771. The molecule has 1 amide bonds. The van der Waals surface area contributed by atoms with Gasteiger partial charge in [0.25, 0.3) is 0 Å². The predicted molar refractivity (Wildman–Crippen MR) is 119 cm³/mol. The zero-order chi connectivity index (χ0) is 21.6. The third-order valence-corrected chi connectivity index (χ3v) is 5.36. The van der Waals surface area contributed by atoms with Gasteiger partial charge in [-0.15, -0.1) is 0 Å². The van der Waals surface area contributed by atoms with E-state index in [2.05, 4.69) is 53.4 Å². The van der Waals surface area contributed by atoms with Crippen LogP contribution in [0.4, 0.5) is 4.79 Å². The van der Waals surface area contributed by atoms with Crippen molar-refractivity contribution in [3.8, 4) is 0 Å². The van der Waals surface area contributed by atoms with Gasteiger partial charge in [-0.1, -0.05) is 60.7 Å². The van der Waals surface area contributed by atoms with Crippen LogP contribution < -0.4 is 0 Å². The molecule has 1 fully saturated rings. The molecule has 0 saturated carbocycles. The summed E-state index contributed by atoms with van der Waals surface area (Å²) in [7, 11) is 0. The first kappa shape index (κ1) is 22.3. The highest BCUT2D eigenvalue weighted by molar-refractivity contribution is 5.68. The van der Waals surface area contributed by atoms with Crippen LogP contribution in [0.5, 0.6) is 0 Å². The predicted octanol–water partition coefficient (Wildman–Crippen LogP) is 4.31. The van der Waals surface area contributed by atoms with Crippen LogP contribution in [0.15, 0.2) is 60.7 Å². The number of aliphatic hydroxyl groups is 1. The van der Waals surface area contributed by atoms with Crippen LogP contribution in [0.3, 0.4) is 0 Å². The van der Waals surface area contributed by atoms with Crippen LogP contribution in [0, 0.1) is 5.92 Å². The number of piperidine rings is 1. The van der Waals surface area contributed by atoms with Gasteiger partial charge in [0.05, 0.1) is 12.6 Å². The van der Waals surface area contributed by atoms with Crippen molar-refractivity contribution in [2.75, 3.05) is 19.6 Å². The fraction of sp³-hybridized carbons (Fsp3) is 0.480. The first-order valence-corrected chi connectivity index (χ1v) is 10.8. The summed E-state index contributed by atoms with van der Waals surface area (Å²) in [6.07, 6.45) is -0.133. The average Bonchev–Trinajstić information content (AvgIpc) is 2.69. The number of amides is 1. The summed E-state index contributed by atoms with van der Waals surface area (Å²) in [4.78, 5) is 16.4. The van der Waals surface area contributed by atoms with Crippen LogP contribution in [0.1, 0.15) is 38.3 Å². The Balaban J connectivity index is 1.63. The molecule has 1 N–H and O–H groups in total. The van der Waals surface area contributed by atoms with E-state index in [1.165, 1.54) is 11.1 Å². The van der Waals surface area contributed by atoms with Gasteiger partial charge >= 0.3 is 6.09 Å². The Kier molecular flexibility index (Phi) is 7.51. The Hall–Kier alpha value is -2.37. The van der Waals surface area contributed by atoms with Crippen molar-refractivity contribution >= 4 is 6.09 Å². The fourth-order valence-corrected chi connectivity index (χ4v) is 3.89. The minimum atomic E-state index is -0.555. The molecule has 5 heteroatoms. The maximum atomic E-state index is 12.4. The van der Waals surface area contributed by atoms with Gasteiger partial charge in [0.2, 0.25) is 0 Å². The van der Waals surface area contributed by atoms with Crippen molar-refractivity contribution < 1.29 is 14.6 Å². The number of nitrogens with zero attached hydrogens (tertiary/aromatic N) is 2. The number of ether oxygens (including phenoxy) is 1. The monoisotopic (exact) mass is 410 g/mol. The average molecular weight is 411 g/mol. The van der Waals surface area contributed by atoms with Gasteiger partial charge in [-0.05, 0) is 38.3 Å². The maximum Gasteiger partial charge on any atom is 0.410 e. The van der Waals surface area contributed by atoms with E-state index in [9.17, 15) is 9.90 Å². The van der Waals surface area contributed by atoms with Crippen LogP contribution in [-0.2, 0) is 17.8 Å². The third-order valence-electron chi connectivity index (χ3n) is 5.36. The first-order valence-electron chi connectivity index (χ1n) is 10.8. The molecule has 0 bridgehead atoms. The lowest BCUT2D eigenvalue weighted by atomic mass is 9.93. The fourth-order valence-electron chi connectivity index (χ4n) is 3.89. The van der Waals surface area contributed by atoms with Gasteiger partial charge in [-0.2, -0.15) is 0 Å². The second-order valence-electron chi connectivity index (χ2n) is 9.18. The highest BCUT2D eigenvalue weighted by Crippen LogP contribution is 2.23. The third kappa shape index (κ3) is 6.85. The second kappa shape index (κ2) is 10.1. The normalized spacial score (nSPS) is 19.7. The maximum absolute atomic E-state index is 12.4. The lowest BCUT2D eigenvalue weighted by Gasteiger charge is -2.38. The molecule has 0 radical (unpaired) electrons. The molecule has 0 aromatic heterocycles. The highest BCUT2D eigenvalue weighted by atomic mass is 16.6. The molecule has 1 saturated heterocycles. The molecule has 1 aliphatic rings. The number of carbonyl (C=O) groups is 1. The minimum absolute atomic E-state index is 0.121. The van der Waals surface area contributed by atoms with Gasteiger partial charge in [-0.3, -0.25) is 4.90 Å². The van der Waals surface area contributed by atoms with Crippen LogP contribution in [-0.4, -0.2) is 52.3 Å². The lowest BCUT2D eigenvalue weighted by molar-refractivity contribution is -0.0200. The summed E-state index contributed by atoms with van der Waals surface area (Å²) in [6.45, 7) is 8.96. The molecule has 2 aromatic rings. The summed E-state index contributed by atoms with van der Waals surface area (Å²) in [5.41, 5.74) is 1.99. The molecule has 5 nitrogen and oxygen atoms in total. The topological polar surface area (TPSA) is 53.0 Å². The van der Waals surface area contributed by atoms with E-state index >= 15 is 0 Å².